The number of nitrogens with zero attached hydrogens (tertiary/aromatic N) is 2. The largest absolute Gasteiger partial charge is 0.497 e. The summed E-state index contributed by atoms with van der Waals surface area (Å²) in [5.74, 6) is 0.652. The zero-order valence-corrected chi connectivity index (χ0v) is 16.9. The number of aromatic nitrogens is 2. The Hall–Kier alpha value is -2.48. The molecule has 2 aromatic rings. The standard InChI is InChI=1S/C19H26N4O3S/c1-5-13(6-2)18-22-23-19(27-18)21-17(25)11-16(20-12(3)24)14-7-9-15(26-4)10-8-14/h7-10,13,16H,5-6,11H2,1-4H3,(H,20,24)(H,21,23,25). The van der Waals surface area contributed by atoms with Crippen molar-refractivity contribution in [3.63, 3.8) is 0 Å². The van der Waals surface area contributed by atoms with Gasteiger partial charge in [0.05, 0.1) is 19.6 Å². The Balaban J connectivity index is 2.05. The second kappa shape index (κ2) is 10.0. The molecule has 0 saturated heterocycles. The topological polar surface area (TPSA) is 93.2 Å². The smallest absolute Gasteiger partial charge is 0.228 e. The Morgan fingerprint density at radius 3 is 2.37 bits per heavy atom. The highest BCUT2D eigenvalue weighted by atomic mass is 32.1. The van der Waals surface area contributed by atoms with Crippen LogP contribution in [-0.4, -0.2) is 29.1 Å². The lowest BCUT2D eigenvalue weighted by Gasteiger charge is -2.18. The van der Waals surface area contributed by atoms with Crippen LogP contribution in [0.25, 0.3) is 0 Å². The van der Waals surface area contributed by atoms with Gasteiger partial charge in [-0.05, 0) is 30.5 Å². The van der Waals surface area contributed by atoms with Crippen molar-refractivity contribution in [2.75, 3.05) is 12.4 Å². The molecule has 0 aliphatic carbocycles. The van der Waals surface area contributed by atoms with Crippen molar-refractivity contribution < 1.29 is 14.3 Å². The van der Waals surface area contributed by atoms with E-state index in [-0.39, 0.29) is 18.2 Å². The zero-order chi connectivity index (χ0) is 19.8. The van der Waals surface area contributed by atoms with Crippen molar-refractivity contribution >= 4 is 28.3 Å². The fraction of sp³-hybridized carbons (Fsp3) is 0.474. The Morgan fingerprint density at radius 1 is 1.15 bits per heavy atom. The van der Waals surface area contributed by atoms with Gasteiger partial charge in [0.2, 0.25) is 16.9 Å². The quantitative estimate of drug-likeness (QED) is 0.682. The van der Waals surface area contributed by atoms with E-state index >= 15 is 0 Å². The van der Waals surface area contributed by atoms with Crippen LogP contribution in [0.4, 0.5) is 5.13 Å². The van der Waals surface area contributed by atoms with E-state index in [1.165, 1.54) is 18.3 Å². The van der Waals surface area contributed by atoms with Crippen molar-refractivity contribution in [3.05, 3.63) is 34.8 Å². The summed E-state index contributed by atoms with van der Waals surface area (Å²) >= 11 is 1.40. The van der Waals surface area contributed by atoms with E-state index in [9.17, 15) is 9.59 Å². The fourth-order valence-electron chi connectivity index (χ4n) is 2.78. The third-order valence-corrected chi connectivity index (χ3v) is 5.31. The number of methoxy groups -OCH3 is 1. The highest BCUT2D eigenvalue weighted by Crippen LogP contribution is 2.28. The molecule has 146 valence electrons. The molecule has 2 N–H and O–H groups in total. The summed E-state index contributed by atoms with van der Waals surface area (Å²) in [5, 5.41) is 15.3. The van der Waals surface area contributed by atoms with Crippen LogP contribution in [0.15, 0.2) is 24.3 Å². The molecule has 2 amide bonds. The molecule has 0 saturated carbocycles. The van der Waals surface area contributed by atoms with Gasteiger partial charge in [0.1, 0.15) is 10.8 Å². The van der Waals surface area contributed by atoms with Gasteiger partial charge in [0, 0.05) is 12.8 Å². The summed E-state index contributed by atoms with van der Waals surface area (Å²) in [4.78, 5) is 24.0. The minimum Gasteiger partial charge on any atom is -0.497 e. The van der Waals surface area contributed by atoms with Crippen molar-refractivity contribution in [2.24, 2.45) is 0 Å². The van der Waals surface area contributed by atoms with Crippen molar-refractivity contribution in [3.8, 4) is 5.75 Å². The molecule has 27 heavy (non-hydrogen) atoms. The maximum Gasteiger partial charge on any atom is 0.228 e. The van der Waals surface area contributed by atoms with Crippen LogP contribution in [0.5, 0.6) is 5.75 Å². The van der Waals surface area contributed by atoms with Crippen molar-refractivity contribution in [2.45, 2.75) is 52.0 Å². The van der Waals surface area contributed by atoms with Crippen LogP contribution >= 0.6 is 11.3 Å². The van der Waals surface area contributed by atoms with E-state index in [0.29, 0.717) is 16.8 Å². The maximum absolute atomic E-state index is 12.5. The number of carbonyl (C=O) groups excluding carboxylic acids is 2. The lowest BCUT2D eigenvalue weighted by Crippen LogP contribution is -2.29. The van der Waals surface area contributed by atoms with Gasteiger partial charge < -0.3 is 15.4 Å². The van der Waals surface area contributed by atoms with Crippen LogP contribution in [0.1, 0.15) is 62.6 Å². The molecule has 1 heterocycles. The lowest BCUT2D eigenvalue weighted by molar-refractivity contribution is -0.120. The molecule has 2 rings (SSSR count). The predicted molar refractivity (Wildman–Crippen MR) is 106 cm³/mol. The van der Waals surface area contributed by atoms with Gasteiger partial charge >= 0.3 is 0 Å². The zero-order valence-electron chi connectivity index (χ0n) is 16.1. The van der Waals surface area contributed by atoms with Gasteiger partial charge in [-0.3, -0.25) is 9.59 Å². The molecule has 1 aromatic heterocycles. The number of anilines is 1. The molecule has 0 radical (unpaired) electrons. The van der Waals surface area contributed by atoms with E-state index in [4.69, 9.17) is 4.74 Å². The first kappa shape index (κ1) is 20.8. The van der Waals surface area contributed by atoms with Gasteiger partial charge in [-0.1, -0.05) is 37.3 Å². The number of amides is 2. The molecular formula is C19H26N4O3S. The van der Waals surface area contributed by atoms with Crippen molar-refractivity contribution in [1.29, 1.82) is 0 Å². The second-order valence-corrected chi connectivity index (χ2v) is 7.25. The van der Waals surface area contributed by atoms with E-state index < -0.39 is 6.04 Å². The summed E-state index contributed by atoms with van der Waals surface area (Å²) in [6.07, 6.45) is 2.08. The van der Waals surface area contributed by atoms with Crippen LogP contribution in [0.2, 0.25) is 0 Å². The number of carbonyl (C=O) groups is 2. The minimum absolute atomic E-state index is 0.103. The predicted octanol–water partition coefficient (Wildman–Crippen LogP) is 3.66. The Morgan fingerprint density at radius 2 is 1.81 bits per heavy atom. The molecular weight excluding hydrogens is 364 g/mol. The normalized spacial score (nSPS) is 11.9. The number of nitrogens with one attached hydrogen (secondary N) is 2. The monoisotopic (exact) mass is 390 g/mol. The number of rotatable bonds is 9. The summed E-state index contributed by atoms with van der Waals surface area (Å²) < 4.78 is 5.15. The first-order chi connectivity index (χ1) is 13.0. The first-order valence-electron chi connectivity index (χ1n) is 9.01. The third kappa shape index (κ3) is 6.02. The summed E-state index contributed by atoms with van der Waals surface area (Å²) in [6, 6.07) is 6.84. The molecule has 0 spiro atoms. The van der Waals surface area contributed by atoms with Gasteiger partial charge in [0.25, 0.3) is 0 Å². The van der Waals surface area contributed by atoms with E-state index in [0.717, 1.165) is 23.4 Å². The number of ether oxygens (including phenoxy) is 1. The molecule has 1 aromatic carbocycles. The lowest BCUT2D eigenvalue weighted by atomic mass is 10.0. The van der Waals surface area contributed by atoms with Gasteiger partial charge in [-0.15, -0.1) is 10.2 Å². The number of benzene rings is 1. The second-order valence-electron chi connectivity index (χ2n) is 6.24. The Labute approximate surface area is 163 Å². The van der Waals surface area contributed by atoms with E-state index in [1.807, 2.05) is 12.1 Å². The fourth-order valence-corrected chi connectivity index (χ4v) is 3.80. The van der Waals surface area contributed by atoms with E-state index in [1.54, 1.807) is 19.2 Å². The van der Waals surface area contributed by atoms with Crippen LogP contribution in [0, 0.1) is 0 Å². The molecule has 1 unspecified atom stereocenters. The summed E-state index contributed by atoms with van der Waals surface area (Å²) in [5.41, 5.74) is 0.830. The maximum atomic E-state index is 12.5. The van der Waals surface area contributed by atoms with Crippen molar-refractivity contribution in [1.82, 2.24) is 15.5 Å². The Bertz CT molecular complexity index is 757. The molecule has 0 fully saturated rings. The molecule has 8 heteroatoms. The van der Waals surface area contributed by atoms with E-state index in [2.05, 4.69) is 34.7 Å². The van der Waals surface area contributed by atoms with Gasteiger partial charge in [-0.2, -0.15) is 0 Å². The number of hydrogen-bond donors (Lipinski definition) is 2. The average Bonchev–Trinajstić information content (AvgIpc) is 3.10. The minimum atomic E-state index is -0.431. The Kier molecular flexibility index (Phi) is 7.72. The first-order valence-corrected chi connectivity index (χ1v) is 9.82. The van der Waals surface area contributed by atoms with Crippen LogP contribution < -0.4 is 15.4 Å². The average molecular weight is 391 g/mol. The number of hydrogen-bond acceptors (Lipinski definition) is 6. The molecule has 0 bridgehead atoms. The highest BCUT2D eigenvalue weighted by molar-refractivity contribution is 7.15. The molecule has 0 aliphatic heterocycles. The SMILES string of the molecule is CCC(CC)c1nnc(NC(=O)CC(NC(C)=O)c2ccc(OC)cc2)s1. The molecule has 0 aliphatic rings. The molecule has 7 nitrogen and oxygen atoms in total. The van der Waals surface area contributed by atoms with Gasteiger partial charge in [-0.25, -0.2) is 0 Å². The summed E-state index contributed by atoms with van der Waals surface area (Å²) in [7, 11) is 1.59. The van der Waals surface area contributed by atoms with Gasteiger partial charge in [0.15, 0.2) is 0 Å². The third-order valence-electron chi connectivity index (χ3n) is 4.31. The van der Waals surface area contributed by atoms with Crippen LogP contribution in [-0.2, 0) is 9.59 Å². The highest BCUT2D eigenvalue weighted by Gasteiger charge is 2.19. The van der Waals surface area contributed by atoms with Crippen LogP contribution in [0.3, 0.4) is 0 Å². The summed E-state index contributed by atoms with van der Waals surface area (Å²) in [6.45, 7) is 5.66. The molecule has 1 atom stereocenters.